The first-order chi connectivity index (χ1) is 8.67. The van der Waals surface area contributed by atoms with Crippen molar-refractivity contribution in [3.05, 3.63) is 29.3 Å². The lowest BCUT2D eigenvalue weighted by atomic mass is 9.92. The summed E-state index contributed by atoms with van der Waals surface area (Å²) in [6, 6.07) is 3.36. The van der Waals surface area contributed by atoms with Crippen molar-refractivity contribution in [2.45, 2.75) is 50.9 Å². The summed E-state index contributed by atoms with van der Waals surface area (Å²) in [5.41, 5.74) is 6.50. The highest BCUT2D eigenvalue weighted by Crippen LogP contribution is 2.34. The zero-order valence-electron chi connectivity index (χ0n) is 11.1. The summed E-state index contributed by atoms with van der Waals surface area (Å²) in [7, 11) is 0. The average molecular weight is 273 g/mol. The zero-order chi connectivity index (χ0) is 14.3. The molecule has 2 N–H and O–H groups in total. The molecular weight excluding hydrogens is 255 g/mol. The number of nitrogens with two attached hydrogens (primary N) is 1. The fraction of sp³-hybridized carbons (Fsp3) is 0.571. The van der Waals surface area contributed by atoms with Crippen LogP contribution in [-0.2, 0) is 12.8 Å². The molecule has 2 nitrogen and oxygen atoms in total. The van der Waals surface area contributed by atoms with Gasteiger partial charge < -0.3 is 10.5 Å². The van der Waals surface area contributed by atoms with E-state index in [-0.39, 0.29) is 12.0 Å². The Morgan fingerprint density at radius 2 is 2.05 bits per heavy atom. The average Bonchev–Trinajstić information content (AvgIpc) is 2.27. The van der Waals surface area contributed by atoms with Crippen molar-refractivity contribution in [2.24, 2.45) is 5.73 Å². The van der Waals surface area contributed by atoms with Crippen LogP contribution in [0, 0.1) is 0 Å². The molecule has 1 aromatic carbocycles. The Morgan fingerprint density at radius 3 is 2.68 bits per heavy atom. The van der Waals surface area contributed by atoms with Crippen LogP contribution in [0.15, 0.2) is 18.2 Å². The first-order valence-corrected chi connectivity index (χ1v) is 6.30. The highest BCUT2D eigenvalue weighted by atomic mass is 19.4. The van der Waals surface area contributed by atoms with Gasteiger partial charge in [-0.05, 0) is 50.3 Å². The Morgan fingerprint density at radius 1 is 1.37 bits per heavy atom. The lowest BCUT2D eigenvalue weighted by molar-refractivity contribution is -0.147. The third-order valence-corrected chi connectivity index (χ3v) is 3.38. The Balaban J connectivity index is 2.15. The molecule has 0 radical (unpaired) electrons. The first-order valence-electron chi connectivity index (χ1n) is 6.30. The standard InChI is InChI=1S/C14H18F3NO/c1-13(2)6-5-10-7-9(3-4-11(10)19-13)8-12(18)14(15,16)17/h3-4,7,12H,5-6,8,18H2,1-2H3. The van der Waals surface area contributed by atoms with Crippen molar-refractivity contribution in [1.82, 2.24) is 0 Å². The quantitative estimate of drug-likeness (QED) is 0.898. The molecule has 1 atom stereocenters. The smallest absolute Gasteiger partial charge is 0.403 e. The third-order valence-electron chi connectivity index (χ3n) is 3.38. The number of rotatable bonds is 2. The van der Waals surface area contributed by atoms with E-state index < -0.39 is 12.2 Å². The van der Waals surface area contributed by atoms with E-state index in [0.29, 0.717) is 5.56 Å². The van der Waals surface area contributed by atoms with Crippen molar-refractivity contribution in [2.75, 3.05) is 0 Å². The van der Waals surface area contributed by atoms with Crippen LogP contribution in [0.4, 0.5) is 13.2 Å². The van der Waals surface area contributed by atoms with Crippen LogP contribution in [0.1, 0.15) is 31.4 Å². The molecule has 106 valence electrons. The van der Waals surface area contributed by atoms with Gasteiger partial charge >= 0.3 is 6.18 Å². The molecule has 1 aliphatic rings. The van der Waals surface area contributed by atoms with Crippen LogP contribution >= 0.6 is 0 Å². The van der Waals surface area contributed by atoms with Gasteiger partial charge in [0.1, 0.15) is 17.4 Å². The van der Waals surface area contributed by atoms with Crippen LogP contribution in [0.2, 0.25) is 0 Å². The van der Waals surface area contributed by atoms with Gasteiger partial charge in [0.25, 0.3) is 0 Å². The maximum absolute atomic E-state index is 12.4. The number of hydrogen-bond donors (Lipinski definition) is 1. The van der Waals surface area contributed by atoms with Crippen LogP contribution < -0.4 is 10.5 Å². The van der Waals surface area contributed by atoms with Gasteiger partial charge in [0.15, 0.2) is 0 Å². The number of benzene rings is 1. The van der Waals surface area contributed by atoms with Crippen LogP contribution in [0.5, 0.6) is 5.75 Å². The van der Waals surface area contributed by atoms with E-state index in [1.54, 1.807) is 18.2 Å². The van der Waals surface area contributed by atoms with Crippen molar-refractivity contribution in [3.63, 3.8) is 0 Å². The van der Waals surface area contributed by atoms with Crippen LogP contribution in [0.3, 0.4) is 0 Å². The van der Waals surface area contributed by atoms with E-state index in [2.05, 4.69) is 0 Å². The Kier molecular flexibility index (Phi) is 3.51. The van der Waals surface area contributed by atoms with E-state index in [1.165, 1.54) is 0 Å². The number of hydrogen-bond acceptors (Lipinski definition) is 2. The van der Waals surface area contributed by atoms with E-state index in [9.17, 15) is 13.2 Å². The van der Waals surface area contributed by atoms with Gasteiger partial charge in [0.2, 0.25) is 0 Å². The molecule has 2 rings (SSSR count). The minimum absolute atomic E-state index is 0.194. The molecular formula is C14H18F3NO. The Hall–Kier alpha value is -1.23. The van der Waals surface area contributed by atoms with Gasteiger partial charge in [-0.2, -0.15) is 13.2 Å². The maximum atomic E-state index is 12.4. The molecule has 0 bridgehead atoms. The van der Waals surface area contributed by atoms with Gasteiger partial charge in [0, 0.05) is 0 Å². The predicted molar refractivity (Wildman–Crippen MR) is 67.2 cm³/mol. The molecule has 19 heavy (non-hydrogen) atoms. The summed E-state index contributed by atoms with van der Waals surface area (Å²) < 4.78 is 43.1. The number of ether oxygens (including phenoxy) is 1. The van der Waals surface area contributed by atoms with Gasteiger partial charge in [-0.1, -0.05) is 12.1 Å². The molecule has 0 aromatic heterocycles. The number of fused-ring (bicyclic) bond motifs is 1. The second-order valence-electron chi connectivity index (χ2n) is 5.66. The minimum atomic E-state index is -4.35. The summed E-state index contributed by atoms with van der Waals surface area (Å²) in [6.07, 6.45) is -2.87. The molecule has 1 unspecified atom stereocenters. The fourth-order valence-electron chi connectivity index (χ4n) is 2.21. The van der Waals surface area contributed by atoms with Gasteiger partial charge in [-0.3, -0.25) is 0 Å². The lowest BCUT2D eigenvalue weighted by Gasteiger charge is -2.32. The SMILES string of the molecule is CC1(C)CCc2cc(CC(N)C(F)(F)F)ccc2O1. The van der Waals surface area contributed by atoms with Crippen molar-refractivity contribution < 1.29 is 17.9 Å². The van der Waals surface area contributed by atoms with Crippen LogP contribution in [-0.4, -0.2) is 17.8 Å². The van der Waals surface area contributed by atoms with Gasteiger partial charge in [-0.25, -0.2) is 0 Å². The summed E-state index contributed by atoms with van der Waals surface area (Å²) in [6.45, 7) is 4.01. The normalized spacial score (nSPS) is 19.5. The molecule has 0 aliphatic carbocycles. The molecule has 1 heterocycles. The van der Waals surface area contributed by atoms with E-state index in [0.717, 1.165) is 24.2 Å². The number of aryl methyl sites for hydroxylation is 1. The fourth-order valence-corrected chi connectivity index (χ4v) is 2.21. The van der Waals surface area contributed by atoms with E-state index >= 15 is 0 Å². The summed E-state index contributed by atoms with van der Waals surface area (Å²) in [5, 5.41) is 0. The van der Waals surface area contributed by atoms with Gasteiger partial charge in [-0.15, -0.1) is 0 Å². The Labute approximate surface area is 110 Å². The lowest BCUT2D eigenvalue weighted by Crippen LogP contribution is -2.39. The zero-order valence-corrected chi connectivity index (χ0v) is 11.1. The van der Waals surface area contributed by atoms with Crippen molar-refractivity contribution >= 4 is 0 Å². The predicted octanol–water partition coefficient (Wildman–Crippen LogP) is 3.22. The molecule has 0 spiro atoms. The second kappa shape index (κ2) is 4.71. The highest BCUT2D eigenvalue weighted by Gasteiger charge is 2.36. The highest BCUT2D eigenvalue weighted by molar-refractivity contribution is 5.39. The molecule has 0 fully saturated rings. The molecule has 1 aromatic rings. The molecule has 0 amide bonds. The number of halogens is 3. The molecule has 5 heteroatoms. The molecule has 0 saturated heterocycles. The van der Waals surface area contributed by atoms with E-state index in [4.69, 9.17) is 10.5 Å². The molecule has 0 saturated carbocycles. The van der Waals surface area contributed by atoms with Crippen LogP contribution in [0.25, 0.3) is 0 Å². The summed E-state index contributed by atoms with van der Waals surface area (Å²) in [5.74, 6) is 0.764. The topological polar surface area (TPSA) is 35.2 Å². The molecule has 1 aliphatic heterocycles. The third kappa shape index (κ3) is 3.41. The summed E-state index contributed by atoms with van der Waals surface area (Å²) >= 11 is 0. The monoisotopic (exact) mass is 273 g/mol. The van der Waals surface area contributed by atoms with Crippen molar-refractivity contribution in [1.29, 1.82) is 0 Å². The van der Waals surface area contributed by atoms with Crippen molar-refractivity contribution in [3.8, 4) is 5.75 Å². The van der Waals surface area contributed by atoms with E-state index in [1.807, 2.05) is 13.8 Å². The maximum Gasteiger partial charge on any atom is 0.403 e. The summed E-state index contributed by atoms with van der Waals surface area (Å²) in [4.78, 5) is 0. The number of alkyl halides is 3. The Bertz CT molecular complexity index is 468. The second-order valence-corrected chi connectivity index (χ2v) is 5.66. The largest absolute Gasteiger partial charge is 0.488 e. The minimum Gasteiger partial charge on any atom is -0.488 e. The first kappa shape index (κ1) is 14.2. The van der Waals surface area contributed by atoms with Gasteiger partial charge in [0.05, 0.1) is 0 Å².